The number of rotatable bonds is 7. The molecule has 0 saturated heterocycles. The molecule has 0 bridgehead atoms. The fraction of sp³-hybridized carbons (Fsp3) is 0.263. The van der Waals surface area contributed by atoms with Crippen molar-refractivity contribution in [3.63, 3.8) is 0 Å². The fourth-order valence-electron chi connectivity index (χ4n) is 2.74. The van der Waals surface area contributed by atoms with Gasteiger partial charge in [0.25, 0.3) is 0 Å². The maximum atomic E-state index is 11.8. The first-order valence-corrected chi connectivity index (χ1v) is 10.2. The summed E-state index contributed by atoms with van der Waals surface area (Å²) in [5, 5.41) is 3.94. The summed E-state index contributed by atoms with van der Waals surface area (Å²) >= 11 is 0. The molecule has 1 aromatic heterocycles. The quantitative estimate of drug-likeness (QED) is 0.687. The van der Waals surface area contributed by atoms with Crippen molar-refractivity contribution in [3.8, 4) is 0 Å². The molecule has 0 saturated carbocycles. The van der Waals surface area contributed by atoms with E-state index in [1.165, 1.54) is 12.6 Å². The van der Waals surface area contributed by atoms with Gasteiger partial charge < -0.3 is 10.1 Å². The molecule has 0 fully saturated rings. The third-order valence-electron chi connectivity index (χ3n) is 4.03. The molecule has 26 heavy (non-hydrogen) atoms. The normalized spacial score (nSPS) is 12.8. The van der Waals surface area contributed by atoms with E-state index in [9.17, 15) is 8.42 Å². The topological polar surface area (TPSA) is 81.2 Å². The lowest BCUT2D eigenvalue weighted by molar-refractivity contribution is 0.0718. The number of ether oxygens (including phenoxy) is 1. The van der Waals surface area contributed by atoms with Gasteiger partial charge in [0.1, 0.15) is 12.1 Å². The summed E-state index contributed by atoms with van der Waals surface area (Å²) < 4.78 is 29.5. The third-order valence-corrected chi connectivity index (χ3v) is 5.14. The largest absolute Gasteiger partial charge is 0.372 e. The molecule has 1 unspecified atom stereocenters. The Balaban J connectivity index is 1.90. The van der Waals surface area contributed by atoms with Gasteiger partial charge >= 0.3 is 0 Å². The molecule has 0 radical (unpaired) electrons. The van der Waals surface area contributed by atoms with Gasteiger partial charge in [-0.05, 0) is 30.7 Å². The summed E-state index contributed by atoms with van der Waals surface area (Å²) in [6.45, 7) is 3.05. The minimum Gasteiger partial charge on any atom is -0.372 e. The fourth-order valence-corrected chi connectivity index (χ4v) is 3.39. The predicted molar refractivity (Wildman–Crippen MR) is 102 cm³/mol. The van der Waals surface area contributed by atoms with Crippen molar-refractivity contribution in [1.82, 2.24) is 9.97 Å². The lowest BCUT2D eigenvalue weighted by atomic mass is 10.1. The average molecular weight is 371 g/mol. The Morgan fingerprint density at radius 1 is 1.12 bits per heavy atom. The highest BCUT2D eigenvalue weighted by Gasteiger charge is 2.14. The second kappa shape index (κ2) is 7.80. The number of anilines is 1. The number of hydrogen-bond acceptors (Lipinski definition) is 6. The van der Waals surface area contributed by atoms with Crippen molar-refractivity contribution in [2.75, 3.05) is 24.7 Å². The molecule has 1 atom stereocenters. The van der Waals surface area contributed by atoms with E-state index < -0.39 is 9.84 Å². The van der Waals surface area contributed by atoms with Crippen LogP contribution in [0.5, 0.6) is 0 Å². The van der Waals surface area contributed by atoms with E-state index in [2.05, 4.69) is 15.3 Å². The van der Waals surface area contributed by atoms with Gasteiger partial charge in [-0.15, -0.1) is 0 Å². The minimum absolute atomic E-state index is 0.135. The van der Waals surface area contributed by atoms with Gasteiger partial charge in [-0.3, -0.25) is 0 Å². The predicted octanol–water partition coefficient (Wildman–Crippen LogP) is 3.22. The van der Waals surface area contributed by atoms with Crippen LogP contribution in [0.3, 0.4) is 0 Å². The summed E-state index contributed by atoms with van der Waals surface area (Å²) in [7, 11) is -3.30. The van der Waals surface area contributed by atoms with Crippen molar-refractivity contribution in [2.45, 2.75) is 17.9 Å². The summed E-state index contributed by atoms with van der Waals surface area (Å²) in [5.41, 5.74) is 1.75. The van der Waals surface area contributed by atoms with Crippen molar-refractivity contribution in [2.24, 2.45) is 0 Å². The second-order valence-electron chi connectivity index (χ2n) is 5.91. The molecule has 0 amide bonds. The van der Waals surface area contributed by atoms with Gasteiger partial charge in [-0.2, -0.15) is 0 Å². The first-order valence-electron chi connectivity index (χ1n) is 8.34. The van der Waals surface area contributed by atoms with E-state index in [0.29, 0.717) is 29.9 Å². The number of nitrogens with zero attached hydrogens (tertiary/aromatic N) is 2. The van der Waals surface area contributed by atoms with Gasteiger partial charge in [0, 0.05) is 24.8 Å². The third kappa shape index (κ3) is 4.17. The molecule has 0 aliphatic rings. The van der Waals surface area contributed by atoms with E-state index in [0.717, 1.165) is 5.56 Å². The Morgan fingerprint density at radius 3 is 2.58 bits per heavy atom. The molecule has 2 aromatic carbocycles. The van der Waals surface area contributed by atoms with Crippen LogP contribution in [-0.2, 0) is 14.6 Å². The van der Waals surface area contributed by atoms with Crippen LogP contribution >= 0.6 is 0 Å². The standard InChI is InChI=1S/C19H21N3O3S/c1-3-25-18(14-7-5-4-6-8-14)12-20-19-16-11-15(26(2,23)24)9-10-17(16)21-13-22-19/h4-11,13,18H,3,12H2,1-2H3,(H,20,21,22). The van der Waals surface area contributed by atoms with E-state index >= 15 is 0 Å². The Bertz CT molecular complexity index is 991. The highest BCUT2D eigenvalue weighted by atomic mass is 32.2. The van der Waals surface area contributed by atoms with Crippen LogP contribution in [-0.4, -0.2) is 37.8 Å². The maximum absolute atomic E-state index is 11.8. The SMILES string of the molecule is CCOC(CNc1ncnc2ccc(S(C)(=O)=O)cc12)c1ccccc1. The smallest absolute Gasteiger partial charge is 0.175 e. The molecule has 1 heterocycles. The maximum Gasteiger partial charge on any atom is 0.175 e. The number of fused-ring (bicyclic) bond motifs is 1. The first kappa shape index (κ1) is 18.3. The molecule has 7 heteroatoms. The molecule has 3 aromatic rings. The Morgan fingerprint density at radius 2 is 1.88 bits per heavy atom. The molecule has 3 rings (SSSR count). The van der Waals surface area contributed by atoms with Gasteiger partial charge in [-0.1, -0.05) is 30.3 Å². The molecule has 1 N–H and O–H groups in total. The van der Waals surface area contributed by atoms with E-state index in [-0.39, 0.29) is 11.0 Å². The highest BCUT2D eigenvalue weighted by Crippen LogP contribution is 2.24. The molecule has 0 aliphatic carbocycles. The second-order valence-corrected chi connectivity index (χ2v) is 7.92. The van der Waals surface area contributed by atoms with Crippen LogP contribution in [0, 0.1) is 0 Å². The number of aromatic nitrogens is 2. The zero-order valence-electron chi connectivity index (χ0n) is 14.7. The Labute approximate surface area is 153 Å². The molecular formula is C19H21N3O3S. The highest BCUT2D eigenvalue weighted by molar-refractivity contribution is 7.90. The van der Waals surface area contributed by atoms with Crippen LogP contribution in [0.2, 0.25) is 0 Å². The van der Waals surface area contributed by atoms with Crippen molar-refractivity contribution < 1.29 is 13.2 Å². The summed E-state index contributed by atoms with van der Waals surface area (Å²) in [6.07, 6.45) is 2.51. The lowest BCUT2D eigenvalue weighted by Gasteiger charge is -2.19. The van der Waals surface area contributed by atoms with Crippen molar-refractivity contribution in [1.29, 1.82) is 0 Å². The van der Waals surface area contributed by atoms with Gasteiger partial charge in [0.05, 0.1) is 16.5 Å². The van der Waals surface area contributed by atoms with E-state index in [1.54, 1.807) is 18.2 Å². The summed E-state index contributed by atoms with van der Waals surface area (Å²) in [6, 6.07) is 14.8. The van der Waals surface area contributed by atoms with Crippen LogP contribution in [0.4, 0.5) is 5.82 Å². The van der Waals surface area contributed by atoms with E-state index in [1.807, 2.05) is 37.3 Å². The molecule has 0 spiro atoms. The van der Waals surface area contributed by atoms with Crippen molar-refractivity contribution >= 4 is 26.6 Å². The Kier molecular flexibility index (Phi) is 5.49. The molecular weight excluding hydrogens is 350 g/mol. The molecule has 136 valence electrons. The van der Waals surface area contributed by atoms with Crippen molar-refractivity contribution in [3.05, 3.63) is 60.4 Å². The lowest BCUT2D eigenvalue weighted by Crippen LogP contribution is -2.16. The van der Waals surface area contributed by atoms with Gasteiger partial charge in [0.15, 0.2) is 9.84 Å². The average Bonchev–Trinajstić information content (AvgIpc) is 2.64. The number of nitrogens with one attached hydrogen (secondary N) is 1. The summed E-state index contributed by atoms with van der Waals surface area (Å²) in [5.74, 6) is 0.584. The van der Waals surface area contributed by atoms with Crippen LogP contribution in [0.1, 0.15) is 18.6 Å². The zero-order chi connectivity index (χ0) is 18.6. The minimum atomic E-state index is -3.30. The number of benzene rings is 2. The number of sulfone groups is 1. The monoisotopic (exact) mass is 371 g/mol. The zero-order valence-corrected chi connectivity index (χ0v) is 15.5. The van der Waals surface area contributed by atoms with E-state index in [4.69, 9.17) is 4.74 Å². The van der Waals surface area contributed by atoms with Crippen LogP contribution in [0.15, 0.2) is 59.8 Å². The molecule has 6 nitrogen and oxygen atoms in total. The van der Waals surface area contributed by atoms with Crippen LogP contribution in [0.25, 0.3) is 10.9 Å². The van der Waals surface area contributed by atoms with Gasteiger partial charge in [0.2, 0.25) is 0 Å². The summed E-state index contributed by atoms with van der Waals surface area (Å²) in [4.78, 5) is 8.74. The molecule has 0 aliphatic heterocycles. The first-order chi connectivity index (χ1) is 12.5. The number of hydrogen-bond donors (Lipinski definition) is 1. The Hall–Kier alpha value is -2.51. The van der Waals surface area contributed by atoms with Crippen LogP contribution < -0.4 is 5.32 Å². The van der Waals surface area contributed by atoms with Gasteiger partial charge in [-0.25, -0.2) is 18.4 Å².